The summed E-state index contributed by atoms with van der Waals surface area (Å²) in [5, 5.41) is 12.5. The monoisotopic (exact) mass is 1000 g/mol. The van der Waals surface area contributed by atoms with Crippen LogP contribution in [0.15, 0.2) is 76.9 Å². The molecule has 1 aliphatic rings. The molecule has 2 aromatic carbocycles. The van der Waals surface area contributed by atoms with Gasteiger partial charge in [-0.3, -0.25) is 19.4 Å². The number of aromatic nitrogens is 2. The molecule has 1 fully saturated rings. The molecule has 15 nitrogen and oxygen atoms in total. The third-order valence-corrected chi connectivity index (χ3v) is 14.5. The van der Waals surface area contributed by atoms with Crippen LogP contribution in [0.1, 0.15) is 79.0 Å². The second-order valence-corrected chi connectivity index (χ2v) is 19.4. The molecule has 0 radical (unpaired) electrons. The van der Waals surface area contributed by atoms with Crippen LogP contribution in [-0.2, 0) is 44.5 Å². The third kappa shape index (κ3) is 16.0. The van der Waals surface area contributed by atoms with Crippen molar-refractivity contribution in [1.29, 1.82) is 0 Å². The molecule has 1 atom stereocenters. The summed E-state index contributed by atoms with van der Waals surface area (Å²) in [4.78, 5) is 43.3. The summed E-state index contributed by atoms with van der Waals surface area (Å²) in [5.74, 6) is 0.221. The number of methoxy groups -OCH3 is 1. The number of hydrogen-bond acceptors (Lipinski definition) is 15. The molecule has 0 spiro atoms. The highest BCUT2D eigenvalue weighted by Crippen LogP contribution is 2.39. The van der Waals surface area contributed by atoms with Gasteiger partial charge in [-0.1, -0.05) is 30.7 Å². The van der Waals surface area contributed by atoms with Crippen molar-refractivity contribution in [1.82, 2.24) is 19.2 Å². The fraction of sp³-hybridized carbons (Fsp3) is 0.471. The highest BCUT2D eigenvalue weighted by molar-refractivity contribution is 7.97. The Bertz CT molecular complexity index is 2460. The van der Waals surface area contributed by atoms with Crippen molar-refractivity contribution < 1.29 is 42.8 Å². The first-order valence-corrected chi connectivity index (χ1v) is 25.5. The maximum atomic E-state index is 13.0. The Labute approximate surface area is 418 Å². The van der Waals surface area contributed by atoms with Crippen molar-refractivity contribution >= 4 is 69.5 Å². The van der Waals surface area contributed by atoms with Crippen LogP contribution in [0, 0.1) is 13.8 Å². The molecule has 1 saturated heterocycles. The molecule has 5 aromatic rings. The van der Waals surface area contributed by atoms with Crippen LogP contribution < -0.4 is 15.4 Å². The minimum absolute atomic E-state index is 0.0115. The van der Waals surface area contributed by atoms with E-state index < -0.39 is 12.8 Å². The molecular formula is C51H65ClN6O9S2. The van der Waals surface area contributed by atoms with Crippen LogP contribution in [0.5, 0.6) is 5.75 Å². The number of nitrogens with one attached hydrogen (secondary N) is 2. The van der Waals surface area contributed by atoms with Crippen molar-refractivity contribution in [2.24, 2.45) is 4.99 Å². The van der Waals surface area contributed by atoms with Crippen molar-refractivity contribution in [2.45, 2.75) is 89.2 Å². The maximum Gasteiger partial charge on any atom is 0.313 e. The number of fused-ring (bicyclic) bond motifs is 1. The van der Waals surface area contributed by atoms with Gasteiger partial charge >= 0.3 is 5.97 Å². The first kappa shape index (κ1) is 53.3. The Morgan fingerprint density at radius 3 is 2.51 bits per heavy atom. The van der Waals surface area contributed by atoms with E-state index in [-0.39, 0.29) is 37.4 Å². The maximum absolute atomic E-state index is 13.0. The summed E-state index contributed by atoms with van der Waals surface area (Å²) in [6, 6.07) is 17.7. The van der Waals surface area contributed by atoms with Crippen LogP contribution in [-0.4, -0.2) is 124 Å². The number of aryl methyl sites for hydroxylation is 1. The number of aliphatic imine (C=N–C) groups is 1. The average Bonchev–Trinajstić information content (AvgIpc) is 3.89. The summed E-state index contributed by atoms with van der Waals surface area (Å²) in [6.07, 6.45) is 9.45. The summed E-state index contributed by atoms with van der Waals surface area (Å²) < 4.78 is 37.0. The van der Waals surface area contributed by atoms with Crippen LogP contribution in [0.2, 0.25) is 5.02 Å². The summed E-state index contributed by atoms with van der Waals surface area (Å²) >= 11 is 9.65. The largest absolute Gasteiger partial charge is 0.494 e. The number of unbranched alkanes of at least 4 members (excludes halogenated alkanes) is 2. The molecule has 69 heavy (non-hydrogen) atoms. The molecule has 18 heteroatoms. The fourth-order valence-corrected chi connectivity index (χ4v) is 10.1. The summed E-state index contributed by atoms with van der Waals surface area (Å²) in [6.45, 7) is 10.8. The van der Waals surface area contributed by atoms with Gasteiger partial charge in [0.25, 0.3) is 6.47 Å². The zero-order valence-electron chi connectivity index (χ0n) is 40.3. The third-order valence-electron chi connectivity index (χ3n) is 11.8. The zero-order valence-corrected chi connectivity index (χ0v) is 42.7. The van der Waals surface area contributed by atoms with E-state index in [0.29, 0.717) is 56.6 Å². The first-order valence-electron chi connectivity index (χ1n) is 23.5. The number of hydrogen-bond donors (Lipinski definition) is 2. The highest BCUT2D eigenvalue weighted by Gasteiger charge is 2.23. The van der Waals surface area contributed by atoms with Gasteiger partial charge in [-0.25, -0.2) is 8.82 Å². The molecule has 0 saturated carbocycles. The number of esters is 1. The van der Waals surface area contributed by atoms with Gasteiger partial charge in [0.2, 0.25) is 12.7 Å². The quantitative estimate of drug-likeness (QED) is 0.0117. The molecule has 3 aromatic heterocycles. The Morgan fingerprint density at radius 2 is 1.77 bits per heavy atom. The van der Waals surface area contributed by atoms with Gasteiger partial charge in [0.1, 0.15) is 5.75 Å². The van der Waals surface area contributed by atoms with Crippen LogP contribution in [0.3, 0.4) is 0 Å². The van der Waals surface area contributed by atoms with E-state index >= 15 is 0 Å². The summed E-state index contributed by atoms with van der Waals surface area (Å²) in [7, 11) is 3.70. The molecule has 372 valence electrons. The zero-order chi connectivity index (χ0) is 49.0. The molecule has 1 amide bonds. The van der Waals surface area contributed by atoms with E-state index in [1.807, 2.05) is 55.7 Å². The molecule has 0 aliphatic carbocycles. The van der Waals surface area contributed by atoms with Crippen molar-refractivity contribution in [2.75, 3.05) is 78.9 Å². The minimum Gasteiger partial charge on any atom is -0.494 e. The number of carbonyl (C=O) groups excluding carboxylic acids is 3. The number of pyridine rings is 1. The smallest absolute Gasteiger partial charge is 0.313 e. The number of carbonyl (C=O) groups is 3. The lowest BCUT2D eigenvalue weighted by molar-refractivity contribution is -0.159. The molecule has 6 rings (SSSR count). The predicted molar refractivity (Wildman–Crippen MR) is 273 cm³/mol. The SMILES string of the molecule is CC[C@H](CC(=O)NCCOCCOCCCCCOc1ccc(-c2ccn3ncc(CC(=O)OCOC=O)c3c2)c(SN2CCC(OC)CC2)c1)N=C(c1ccc(Cl)cc1)c1c(NC)sc(C)c1C. The molecular weight excluding hydrogens is 940 g/mol. The van der Waals surface area contributed by atoms with Gasteiger partial charge in [-0.15, -0.1) is 11.3 Å². The van der Waals surface area contributed by atoms with Gasteiger partial charge in [-0.05, 0) is 123 Å². The van der Waals surface area contributed by atoms with Gasteiger partial charge < -0.3 is 39.1 Å². The van der Waals surface area contributed by atoms with Gasteiger partial charge in [0.05, 0.1) is 67.4 Å². The van der Waals surface area contributed by atoms with E-state index in [4.69, 9.17) is 40.3 Å². The number of piperidine rings is 1. The lowest BCUT2D eigenvalue weighted by Crippen LogP contribution is -2.32. The molecule has 2 N–H and O–H groups in total. The van der Waals surface area contributed by atoms with E-state index in [2.05, 4.69) is 57.7 Å². The number of anilines is 1. The minimum atomic E-state index is -0.517. The molecule has 0 unspecified atom stereocenters. The normalized spacial score (nSPS) is 13.9. The number of ether oxygens (including phenoxy) is 6. The molecule has 1 aliphatic heterocycles. The van der Waals surface area contributed by atoms with Crippen LogP contribution in [0.25, 0.3) is 16.6 Å². The van der Waals surface area contributed by atoms with Crippen LogP contribution in [0.4, 0.5) is 5.00 Å². The topological polar surface area (TPSA) is 164 Å². The van der Waals surface area contributed by atoms with Gasteiger partial charge in [-0.2, -0.15) is 5.10 Å². The van der Waals surface area contributed by atoms with E-state index in [0.717, 1.165) is 94.3 Å². The van der Waals surface area contributed by atoms with Crippen molar-refractivity contribution in [3.63, 3.8) is 0 Å². The second-order valence-electron chi connectivity index (χ2n) is 16.6. The van der Waals surface area contributed by atoms with E-state index in [1.165, 1.54) is 10.4 Å². The first-order chi connectivity index (χ1) is 33.6. The Balaban J connectivity index is 0.903. The highest BCUT2D eigenvalue weighted by atomic mass is 35.5. The lowest BCUT2D eigenvalue weighted by Gasteiger charge is -2.30. The average molecular weight is 1010 g/mol. The number of nitrogens with zero attached hydrogens (tertiary/aromatic N) is 4. The molecule has 0 bridgehead atoms. The van der Waals surface area contributed by atoms with Crippen molar-refractivity contribution in [3.05, 3.63) is 99.1 Å². The van der Waals surface area contributed by atoms with E-state index in [9.17, 15) is 14.4 Å². The van der Waals surface area contributed by atoms with E-state index in [1.54, 1.807) is 41.1 Å². The fourth-order valence-electron chi connectivity index (χ4n) is 7.86. The standard InChI is InChI=1S/C51H65ClN6O9S2/c1-6-41(56-50(37-10-12-40(52)13-11-37)49-35(2)36(3)68-51(49)53-4)30-47(60)54-19-25-64-27-26-63-23-8-7-9-24-66-43-14-15-44(46(31-43)69-57-20-17-42(62-5)18-21-57)38-16-22-58-45(28-38)39(32-55-58)29-48(61)67-34-65-33-59/h10-16,22,28,31-33,41-42,53H,6-9,17-21,23-27,29-30,34H2,1-5H3,(H,54,60)/t41-/m1/s1. The predicted octanol–water partition coefficient (Wildman–Crippen LogP) is 9.11. The van der Waals surface area contributed by atoms with Gasteiger partial charge in [0.15, 0.2) is 0 Å². The Kier molecular flexibility index (Phi) is 21.6. The lowest BCUT2D eigenvalue weighted by atomic mass is 9.99. The number of thiophene rings is 1. The Morgan fingerprint density at radius 1 is 1.00 bits per heavy atom. The number of halogens is 1. The second kappa shape index (κ2) is 28.0. The van der Waals surface area contributed by atoms with Crippen LogP contribution >= 0.6 is 34.9 Å². The number of amides is 1. The number of benzene rings is 2. The van der Waals surface area contributed by atoms with Crippen molar-refractivity contribution in [3.8, 4) is 16.9 Å². The summed E-state index contributed by atoms with van der Waals surface area (Å²) in [5.41, 5.74) is 7.56. The Hall–Kier alpha value is -5.01. The van der Waals surface area contributed by atoms with Gasteiger partial charge in [0, 0.05) is 84.5 Å². The number of rotatable bonds is 29. The molecule has 4 heterocycles.